The van der Waals surface area contributed by atoms with Crippen molar-refractivity contribution in [1.82, 2.24) is 4.57 Å². The van der Waals surface area contributed by atoms with Crippen molar-refractivity contribution in [2.45, 2.75) is 13.0 Å². The Morgan fingerprint density at radius 1 is 1.15 bits per heavy atom. The van der Waals surface area contributed by atoms with E-state index in [0.29, 0.717) is 12.2 Å². The van der Waals surface area contributed by atoms with Gasteiger partial charge >= 0.3 is 5.97 Å². The highest BCUT2D eigenvalue weighted by Crippen LogP contribution is 2.11. The number of para-hydroxylation sites is 1. The quantitative estimate of drug-likeness (QED) is 0.656. The van der Waals surface area contributed by atoms with Crippen LogP contribution in [-0.2, 0) is 22.5 Å². The topological polar surface area (TPSA) is 74.3 Å². The zero-order valence-corrected chi connectivity index (χ0v) is 11.0. The van der Waals surface area contributed by atoms with Gasteiger partial charge in [-0.15, -0.1) is 0 Å². The van der Waals surface area contributed by atoms with Gasteiger partial charge < -0.3 is 15.0 Å². The highest BCUT2D eigenvalue weighted by Gasteiger charge is 2.07. The first-order chi connectivity index (χ1) is 9.66. The number of esters is 1. The highest BCUT2D eigenvalue weighted by atomic mass is 16.5. The Balaban J connectivity index is 1.83. The molecule has 1 aromatic carbocycles. The van der Waals surface area contributed by atoms with Gasteiger partial charge in [0, 0.05) is 18.0 Å². The van der Waals surface area contributed by atoms with Crippen LogP contribution in [0.15, 0.2) is 53.5 Å². The normalized spacial score (nSPS) is 10.2. The number of nitrogens with two attached hydrogens (primary N) is 1. The maximum atomic E-state index is 11.7. The molecule has 0 aliphatic heterocycles. The van der Waals surface area contributed by atoms with Gasteiger partial charge in [0.1, 0.15) is 6.61 Å². The lowest BCUT2D eigenvalue weighted by Gasteiger charge is -2.08. The first-order valence-electron chi connectivity index (χ1n) is 6.31. The molecule has 0 spiro atoms. The van der Waals surface area contributed by atoms with Crippen LogP contribution >= 0.6 is 0 Å². The van der Waals surface area contributed by atoms with Crippen molar-refractivity contribution in [3.05, 3.63) is 64.6 Å². The summed E-state index contributed by atoms with van der Waals surface area (Å²) >= 11 is 0. The number of hydrogen-bond donors (Lipinski definition) is 1. The van der Waals surface area contributed by atoms with Crippen LogP contribution in [0.3, 0.4) is 0 Å². The van der Waals surface area contributed by atoms with Crippen LogP contribution in [-0.4, -0.2) is 17.1 Å². The minimum absolute atomic E-state index is 0.115. The van der Waals surface area contributed by atoms with Gasteiger partial charge in [0.15, 0.2) is 0 Å². The zero-order valence-electron chi connectivity index (χ0n) is 11.0. The lowest BCUT2D eigenvalue weighted by Crippen LogP contribution is -2.22. The van der Waals surface area contributed by atoms with E-state index in [4.69, 9.17) is 10.5 Å². The molecule has 2 aromatic rings. The van der Waals surface area contributed by atoms with Crippen LogP contribution in [0, 0.1) is 0 Å². The van der Waals surface area contributed by atoms with Crippen LogP contribution in [0.2, 0.25) is 0 Å². The summed E-state index contributed by atoms with van der Waals surface area (Å²) in [4.78, 5) is 23.1. The van der Waals surface area contributed by atoms with Crippen molar-refractivity contribution in [1.29, 1.82) is 0 Å². The molecule has 104 valence electrons. The molecule has 0 unspecified atom stereocenters. The summed E-state index contributed by atoms with van der Waals surface area (Å²) in [6.07, 6.45) is 1.79. The molecule has 0 fully saturated rings. The van der Waals surface area contributed by atoms with Crippen LogP contribution in [0.25, 0.3) is 0 Å². The van der Waals surface area contributed by atoms with Crippen LogP contribution in [0.1, 0.15) is 5.56 Å². The number of carbonyl (C=O) groups is 1. The van der Waals surface area contributed by atoms with E-state index in [1.165, 1.54) is 10.6 Å². The van der Waals surface area contributed by atoms with Gasteiger partial charge in [-0.05, 0) is 17.7 Å². The number of nitrogens with zero attached hydrogens (tertiary/aromatic N) is 1. The second-order valence-electron chi connectivity index (χ2n) is 4.33. The van der Waals surface area contributed by atoms with E-state index in [2.05, 4.69) is 0 Å². The summed E-state index contributed by atoms with van der Waals surface area (Å²) in [5.41, 5.74) is 6.96. The van der Waals surface area contributed by atoms with Crippen LogP contribution in [0.5, 0.6) is 0 Å². The second-order valence-corrected chi connectivity index (χ2v) is 4.33. The van der Waals surface area contributed by atoms with Gasteiger partial charge in [0.05, 0.1) is 13.0 Å². The fourth-order valence-corrected chi connectivity index (χ4v) is 1.80. The summed E-state index contributed by atoms with van der Waals surface area (Å²) < 4.78 is 6.60. The zero-order chi connectivity index (χ0) is 14.4. The molecule has 1 aromatic heterocycles. The van der Waals surface area contributed by atoms with E-state index in [-0.39, 0.29) is 24.6 Å². The largest absolute Gasteiger partial charge is 0.464 e. The molecule has 20 heavy (non-hydrogen) atoms. The molecule has 0 aliphatic rings. The minimum atomic E-state index is -0.355. The maximum Gasteiger partial charge on any atom is 0.310 e. The van der Waals surface area contributed by atoms with Crippen molar-refractivity contribution < 1.29 is 9.53 Å². The van der Waals surface area contributed by atoms with Gasteiger partial charge in [-0.2, -0.15) is 0 Å². The van der Waals surface area contributed by atoms with Gasteiger partial charge in [-0.25, -0.2) is 0 Å². The van der Waals surface area contributed by atoms with Crippen molar-refractivity contribution in [3.63, 3.8) is 0 Å². The molecule has 2 rings (SSSR count). The molecule has 0 atom stereocenters. The van der Waals surface area contributed by atoms with Gasteiger partial charge in [-0.1, -0.05) is 24.3 Å². The third kappa shape index (κ3) is 3.71. The van der Waals surface area contributed by atoms with Gasteiger partial charge in [-0.3, -0.25) is 9.59 Å². The lowest BCUT2D eigenvalue weighted by molar-refractivity contribution is -0.143. The number of anilines is 1. The number of aromatic nitrogens is 1. The molecule has 5 nitrogen and oxygen atoms in total. The minimum Gasteiger partial charge on any atom is -0.464 e. The number of nitrogen functional groups attached to an aromatic ring is 1. The average molecular weight is 272 g/mol. The summed E-state index contributed by atoms with van der Waals surface area (Å²) in [7, 11) is 0. The van der Waals surface area contributed by atoms with Gasteiger partial charge in [0.2, 0.25) is 0 Å². The Hall–Kier alpha value is -2.56. The fraction of sp³-hybridized carbons (Fsp3) is 0.200. The molecule has 0 aliphatic carbocycles. The summed E-state index contributed by atoms with van der Waals surface area (Å²) in [6.45, 7) is 0.505. The first kappa shape index (κ1) is 13.9. The third-order valence-corrected chi connectivity index (χ3v) is 2.88. The van der Waals surface area contributed by atoms with Gasteiger partial charge in [0.25, 0.3) is 5.56 Å². The molecule has 0 saturated heterocycles. The van der Waals surface area contributed by atoms with Crippen molar-refractivity contribution in [3.8, 4) is 0 Å². The molecule has 5 heteroatoms. The number of pyridine rings is 1. The predicted octanol–water partition coefficient (Wildman–Crippen LogP) is 1.22. The molecular formula is C15H16N2O3. The molecule has 0 bridgehead atoms. The lowest BCUT2D eigenvalue weighted by atomic mass is 10.1. The third-order valence-electron chi connectivity index (χ3n) is 2.88. The van der Waals surface area contributed by atoms with Crippen LogP contribution < -0.4 is 11.3 Å². The molecule has 0 radical (unpaired) electrons. The first-order valence-corrected chi connectivity index (χ1v) is 6.31. The molecule has 0 amide bonds. The number of benzene rings is 1. The number of hydrogen-bond acceptors (Lipinski definition) is 4. The van der Waals surface area contributed by atoms with E-state index in [9.17, 15) is 9.59 Å². The van der Waals surface area contributed by atoms with Crippen LogP contribution in [0.4, 0.5) is 5.69 Å². The monoisotopic (exact) mass is 272 g/mol. The van der Waals surface area contributed by atoms with Crippen molar-refractivity contribution in [2.24, 2.45) is 0 Å². The Kier molecular flexibility index (Phi) is 4.55. The summed E-state index contributed by atoms with van der Waals surface area (Å²) in [5.74, 6) is -0.355. The fourth-order valence-electron chi connectivity index (χ4n) is 1.80. The number of ether oxygens (including phenoxy) is 1. The van der Waals surface area contributed by atoms with Crippen molar-refractivity contribution in [2.75, 3.05) is 12.3 Å². The summed E-state index contributed by atoms with van der Waals surface area (Å²) in [5, 5.41) is 0. The van der Waals surface area contributed by atoms with E-state index in [1.54, 1.807) is 30.5 Å². The van der Waals surface area contributed by atoms with E-state index >= 15 is 0 Å². The van der Waals surface area contributed by atoms with Crippen molar-refractivity contribution >= 4 is 11.7 Å². The SMILES string of the molecule is Nc1ccccc1CC(=O)OCCn1ccccc1=O. The Labute approximate surface area is 116 Å². The maximum absolute atomic E-state index is 11.7. The Morgan fingerprint density at radius 3 is 2.65 bits per heavy atom. The molecular weight excluding hydrogens is 256 g/mol. The second kappa shape index (κ2) is 6.56. The number of rotatable bonds is 5. The summed E-state index contributed by atoms with van der Waals surface area (Å²) in [6, 6.07) is 12.1. The Morgan fingerprint density at radius 2 is 1.90 bits per heavy atom. The standard InChI is InChI=1S/C15H16N2O3/c16-13-6-2-1-5-12(13)11-15(19)20-10-9-17-8-4-3-7-14(17)18/h1-8H,9-11,16H2. The predicted molar refractivity (Wildman–Crippen MR) is 76.2 cm³/mol. The smallest absolute Gasteiger partial charge is 0.310 e. The van der Waals surface area contributed by atoms with E-state index < -0.39 is 0 Å². The molecule has 2 N–H and O–H groups in total. The number of carbonyl (C=O) groups excluding carboxylic acids is 1. The molecule has 0 saturated carbocycles. The average Bonchev–Trinajstić information content (AvgIpc) is 2.43. The Bertz CT molecular complexity index is 649. The van der Waals surface area contributed by atoms with E-state index in [0.717, 1.165) is 5.56 Å². The van der Waals surface area contributed by atoms with E-state index in [1.807, 2.05) is 12.1 Å². The highest BCUT2D eigenvalue weighted by molar-refractivity contribution is 5.74. The molecule has 1 heterocycles.